The molecule has 0 aliphatic rings. The summed E-state index contributed by atoms with van der Waals surface area (Å²) in [5, 5.41) is 23.4. The van der Waals surface area contributed by atoms with Crippen LogP contribution < -0.4 is 11.2 Å². The minimum absolute atomic E-state index is 0.152. The first-order valence-electron chi connectivity index (χ1n) is 7.85. The highest BCUT2D eigenvalue weighted by atomic mass is 16.7. The van der Waals surface area contributed by atoms with Crippen LogP contribution in [-0.2, 0) is 11.4 Å². The fraction of sp³-hybridized carbons (Fsp3) is 0.714. The maximum Gasteiger partial charge on any atom is 0.434 e. The summed E-state index contributed by atoms with van der Waals surface area (Å²) < 4.78 is 1.37. The van der Waals surface area contributed by atoms with E-state index >= 15 is 0 Å². The number of oxime groups is 1. The molecule has 1 unspecified atom stereocenters. The van der Waals surface area contributed by atoms with Crippen LogP contribution in [0.3, 0.4) is 0 Å². The quantitative estimate of drug-likeness (QED) is 0.239. The number of imidazole rings is 1. The summed E-state index contributed by atoms with van der Waals surface area (Å²) in [6.07, 6.45) is 4.85. The van der Waals surface area contributed by atoms with Gasteiger partial charge >= 0.3 is 5.95 Å². The number of rotatable bonds is 11. The molecule has 1 rings (SSSR count). The Kier molecular flexibility index (Phi) is 7.75. The SMILES string of the molecule is CCCC/C(=N\O)C(C)(C)NOC(CN)Cn1ccnc1[N+](=O)[O-]. The molecule has 10 heteroatoms. The molecule has 24 heavy (non-hydrogen) atoms. The van der Waals surface area contributed by atoms with Crippen molar-refractivity contribution in [2.45, 2.75) is 58.2 Å². The molecule has 136 valence electrons. The number of nitrogens with two attached hydrogens (primary N) is 1. The zero-order chi connectivity index (χ0) is 18.2. The second kappa shape index (κ2) is 9.30. The molecule has 1 atom stereocenters. The van der Waals surface area contributed by atoms with Crippen LogP contribution in [0.5, 0.6) is 0 Å². The normalized spacial score (nSPS) is 13.9. The molecule has 1 heterocycles. The Hall–Kier alpha value is -2.04. The molecule has 0 aromatic carbocycles. The van der Waals surface area contributed by atoms with Gasteiger partial charge in [-0.2, -0.15) is 5.48 Å². The molecule has 10 nitrogen and oxygen atoms in total. The fourth-order valence-electron chi connectivity index (χ4n) is 2.12. The molecule has 0 aliphatic heterocycles. The number of nitrogens with zero attached hydrogens (tertiary/aromatic N) is 4. The average molecular weight is 342 g/mol. The molecule has 1 aromatic rings. The molecule has 0 fully saturated rings. The van der Waals surface area contributed by atoms with Crippen LogP contribution in [0.4, 0.5) is 5.95 Å². The molecule has 0 aliphatic carbocycles. The number of unbranched alkanes of at least 4 members (excludes halogenated alkanes) is 1. The number of hydrogen-bond donors (Lipinski definition) is 3. The Morgan fingerprint density at radius 3 is 2.92 bits per heavy atom. The number of nitro groups is 1. The largest absolute Gasteiger partial charge is 0.434 e. The average Bonchev–Trinajstić information content (AvgIpc) is 3.00. The summed E-state index contributed by atoms with van der Waals surface area (Å²) in [5.74, 6) is -0.267. The van der Waals surface area contributed by atoms with Crippen molar-refractivity contribution in [1.82, 2.24) is 15.0 Å². The van der Waals surface area contributed by atoms with Crippen LogP contribution in [0, 0.1) is 10.1 Å². The van der Waals surface area contributed by atoms with Crippen molar-refractivity contribution >= 4 is 11.7 Å². The Labute approximate surface area is 140 Å². The third kappa shape index (κ3) is 5.55. The van der Waals surface area contributed by atoms with Gasteiger partial charge in [0.25, 0.3) is 0 Å². The van der Waals surface area contributed by atoms with Crippen LogP contribution in [0.15, 0.2) is 17.5 Å². The van der Waals surface area contributed by atoms with Crippen molar-refractivity contribution in [3.8, 4) is 0 Å². The van der Waals surface area contributed by atoms with Crippen LogP contribution in [0.2, 0.25) is 0 Å². The maximum atomic E-state index is 10.9. The van der Waals surface area contributed by atoms with Crippen molar-refractivity contribution in [3.05, 3.63) is 22.5 Å². The first kappa shape index (κ1) is 20.0. The van der Waals surface area contributed by atoms with Crippen molar-refractivity contribution in [1.29, 1.82) is 0 Å². The van der Waals surface area contributed by atoms with E-state index in [0.29, 0.717) is 12.1 Å². The van der Waals surface area contributed by atoms with Crippen molar-refractivity contribution in [2.75, 3.05) is 6.54 Å². The zero-order valence-corrected chi connectivity index (χ0v) is 14.3. The molecule has 0 amide bonds. The summed E-state index contributed by atoms with van der Waals surface area (Å²) in [4.78, 5) is 19.6. The van der Waals surface area contributed by atoms with E-state index in [2.05, 4.69) is 15.6 Å². The summed E-state index contributed by atoms with van der Waals surface area (Å²) in [5.41, 5.74) is 8.41. The molecular formula is C14H26N6O4. The summed E-state index contributed by atoms with van der Waals surface area (Å²) in [6.45, 7) is 6.03. The van der Waals surface area contributed by atoms with E-state index < -0.39 is 16.6 Å². The lowest BCUT2D eigenvalue weighted by atomic mass is 9.95. The minimum atomic E-state index is -0.696. The molecule has 0 saturated heterocycles. The first-order valence-corrected chi connectivity index (χ1v) is 7.85. The molecule has 1 aromatic heterocycles. The lowest BCUT2D eigenvalue weighted by Gasteiger charge is -2.29. The monoisotopic (exact) mass is 342 g/mol. The van der Waals surface area contributed by atoms with Crippen molar-refractivity contribution in [3.63, 3.8) is 0 Å². The first-order chi connectivity index (χ1) is 11.4. The van der Waals surface area contributed by atoms with Crippen molar-refractivity contribution in [2.24, 2.45) is 10.9 Å². The highest BCUT2D eigenvalue weighted by Crippen LogP contribution is 2.14. The summed E-state index contributed by atoms with van der Waals surface area (Å²) >= 11 is 0. The van der Waals surface area contributed by atoms with E-state index in [0.717, 1.165) is 12.8 Å². The summed E-state index contributed by atoms with van der Waals surface area (Å²) in [7, 11) is 0. The van der Waals surface area contributed by atoms with Gasteiger partial charge in [0.1, 0.15) is 25.0 Å². The molecule has 0 radical (unpaired) electrons. The van der Waals surface area contributed by atoms with Gasteiger partial charge in [0.05, 0.1) is 11.3 Å². The topological polar surface area (TPSA) is 141 Å². The highest BCUT2D eigenvalue weighted by molar-refractivity contribution is 5.92. The predicted octanol–water partition coefficient (Wildman–Crippen LogP) is 1.44. The Balaban J connectivity index is 2.68. The van der Waals surface area contributed by atoms with Gasteiger partial charge in [-0.25, -0.2) is 4.57 Å². The zero-order valence-electron chi connectivity index (χ0n) is 14.3. The molecule has 0 bridgehead atoms. The molecule has 0 spiro atoms. The maximum absolute atomic E-state index is 10.9. The van der Waals surface area contributed by atoms with E-state index in [4.69, 9.17) is 10.6 Å². The Morgan fingerprint density at radius 2 is 2.38 bits per heavy atom. The molecule has 0 saturated carbocycles. The Morgan fingerprint density at radius 1 is 1.67 bits per heavy atom. The van der Waals surface area contributed by atoms with E-state index in [-0.39, 0.29) is 19.0 Å². The van der Waals surface area contributed by atoms with Crippen molar-refractivity contribution < 1.29 is 15.0 Å². The van der Waals surface area contributed by atoms with Gasteiger partial charge in [-0.1, -0.05) is 23.5 Å². The van der Waals surface area contributed by atoms with Gasteiger partial charge in [-0.3, -0.25) is 4.84 Å². The van der Waals surface area contributed by atoms with E-state index in [1.165, 1.54) is 17.0 Å². The van der Waals surface area contributed by atoms with Gasteiger partial charge in [0, 0.05) is 6.54 Å². The number of hydroxylamine groups is 1. The smallest absolute Gasteiger partial charge is 0.411 e. The van der Waals surface area contributed by atoms with Crippen LogP contribution >= 0.6 is 0 Å². The summed E-state index contributed by atoms with van der Waals surface area (Å²) in [6, 6.07) is 0. The number of aromatic nitrogens is 2. The van der Waals surface area contributed by atoms with Gasteiger partial charge in [-0.15, -0.1) is 0 Å². The second-order valence-electron chi connectivity index (χ2n) is 5.99. The van der Waals surface area contributed by atoms with Crippen LogP contribution in [-0.4, -0.2) is 43.6 Å². The van der Waals surface area contributed by atoms with E-state index in [9.17, 15) is 15.3 Å². The van der Waals surface area contributed by atoms with Crippen LogP contribution in [0.1, 0.15) is 40.0 Å². The standard InChI is InChI=1S/C14H26N6O4/c1-4-5-6-12(17-21)14(2,3)18-24-11(9-15)10-19-8-7-16-13(19)20(22)23/h7-8,11,18,21H,4-6,9-10,15H2,1-3H3/b17-12+. The van der Waals surface area contributed by atoms with E-state index in [1.54, 1.807) is 0 Å². The molecular weight excluding hydrogens is 316 g/mol. The van der Waals surface area contributed by atoms with E-state index in [1.807, 2.05) is 20.8 Å². The lowest BCUT2D eigenvalue weighted by molar-refractivity contribution is -0.397. The van der Waals surface area contributed by atoms with Crippen LogP contribution in [0.25, 0.3) is 0 Å². The minimum Gasteiger partial charge on any atom is -0.411 e. The van der Waals surface area contributed by atoms with Gasteiger partial charge in [-0.05, 0) is 31.6 Å². The van der Waals surface area contributed by atoms with Gasteiger partial charge < -0.3 is 21.1 Å². The molecule has 4 N–H and O–H groups in total. The number of hydrogen-bond acceptors (Lipinski definition) is 8. The van der Waals surface area contributed by atoms with Gasteiger partial charge in [0.15, 0.2) is 0 Å². The second-order valence-corrected chi connectivity index (χ2v) is 5.99. The van der Waals surface area contributed by atoms with Gasteiger partial charge in [0.2, 0.25) is 0 Å². The highest BCUT2D eigenvalue weighted by Gasteiger charge is 2.27. The third-order valence-corrected chi connectivity index (χ3v) is 3.61. The number of nitrogens with one attached hydrogen (secondary N) is 1. The fourth-order valence-corrected chi connectivity index (χ4v) is 2.12. The predicted molar refractivity (Wildman–Crippen MR) is 88.8 cm³/mol. The lowest BCUT2D eigenvalue weighted by Crippen LogP contribution is -2.49. The Bertz CT molecular complexity index is 557. The third-order valence-electron chi connectivity index (χ3n) is 3.61.